The molecule has 1 atom stereocenters. The van der Waals surface area contributed by atoms with Crippen LogP contribution in [0.2, 0.25) is 0 Å². The van der Waals surface area contributed by atoms with Crippen LogP contribution in [0.5, 0.6) is 0 Å². The van der Waals surface area contributed by atoms with Crippen LogP contribution in [0.3, 0.4) is 0 Å². The van der Waals surface area contributed by atoms with Crippen LogP contribution < -0.4 is 11.2 Å². The Balaban J connectivity index is 1.90. The summed E-state index contributed by atoms with van der Waals surface area (Å²) in [5.74, 6) is -0.321. The van der Waals surface area contributed by atoms with Crippen molar-refractivity contribution < 1.29 is 9.53 Å². The van der Waals surface area contributed by atoms with Crippen molar-refractivity contribution in [3.8, 4) is 0 Å². The summed E-state index contributed by atoms with van der Waals surface area (Å²) in [4.78, 5) is 16.0. The Hall–Kier alpha value is -2.80. The lowest BCUT2D eigenvalue weighted by Crippen LogP contribution is -2.26. The summed E-state index contributed by atoms with van der Waals surface area (Å²) in [6.07, 6.45) is 3.35. The average Bonchev–Trinajstić information content (AvgIpc) is 2.88. The molecule has 23 heavy (non-hydrogen) atoms. The summed E-state index contributed by atoms with van der Waals surface area (Å²) in [5, 5.41) is 4.29. The monoisotopic (exact) mass is 326 g/mol. The summed E-state index contributed by atoms with van der Waals surface area (Å²) in [5.41, 5.74) is 10.9. The number of rotatable bonds is 4. The molecule has 1 aromatic carbocycles. The molecular weight excluding hydrogens is 312 g/mol. The molecule has 0 fully saturated rings. The molecule has 1 aliphatic rings. The van der Waals surface area contributed by atoms with Crippen LogP contribution in [-0.2, 0) is 4.74 Å². The number of ether oxygens (including phenoxy) is 1. The van der Waals surface area contributed by atoms with Gasteiger partial charge in [0, 0.05) is 29.9 Å². The van der Waals surface area contributed by atoms with Gasteiger partial charge in [0.05, 0.1) is 11.3 Å². The lowest BCUT2D eigenvalue weighted by molar-refractivity contribution is 0.0400. The van der Waals surface area contributed by atoms with Gasteiger partial charge in [-0.2, -0.15) is 5.10 Å². The minimum absolute atomic E-state index is 0.0650. The minimum Gasteiger partial charge on any atom is -0.453 e. The maximum atomic E-state index is 11.9. The Morgan fingerprint density at radius 2 is 2.17 bits per heavy atom. The maximum Gasteiger partial charge on any atom is 0.339 e. The van der Waals surface area contributed by atoms with E-state index >= 15 is 0 Å². The zero-order valence-electron chi connectivity index (χ0n) is 12.1. The van der Waals surface area contributed by atoms with Gasteiger partial charge in [0.1, 0.15) is 6.10 Å². The number of nitrogens with zero attached hydrogens (tertiary/aromatic N) is 2. The fourth-order valence-electron chi connectivity index (χ4n) is 2.43. The molecule has 0 radical (unpaired) electrons. The standard InChI is InChI=1S/C16H14N4O2S/c17-16(23)20-19-13(10-4-3-7-18-9-10)8-14-11-5-1-2-6-12(11)15(21)22-14/h1-7,9,14H,8H2,(H3,17,20,23)/b19-13+/t14-/m0/s1. The highest BCUT2D eigenvalue weighted by Gasteiger charge is 2.31. The van der Waals surface area contributed by atoms with E-state index < -0.39 is 6.10 Å². The van der Waals surface area contributed by atoms with E-state index in [1.165, 1.54) is 0 Å². The van der Waals surface area contributed by atoms with E-state index in [9.17, 15) is 4.79 Å². The number of esters is 1. The first-order valence-electron chi connectivity index (χ1n) is 6.97. The number of nitrogens with one attached hydrogen (secondary N) is 1. The van der Waals surface area contributed by atoms with Crippen LogP contribution in [-0.4, -0.2) is 21.8 Å². The highest BCUT2D eigenvalue weighted by Crippen LogP contribution is 2.33. The quantitative estimate of drug-likeness (QED) is 0.386. The second kappa shape index (κ2) is 6.53. The number of pyridine rings is 1. The normalized spacial score (nSPS) is 16.6. The Bertz CT molecular complexity index is 777. The molecule has 2 heterocycles. The largest absolute Gasteiger partial charge is 0.453 e. The Morgan fingerprint density at radius 1 is 1.35 bits per heavy atom. The molecule has 0 spiro atoms. The first kappa shape index (κ1) is 15.1. The number of cyclic esters (lactones) is 1. The van der Waals surface area contributed by atoms with Crippen molar-refractivity contribution in [2.24, 2.45) is 10.8 Å². The van der Waals surface area contributed by atoms with E-state index in [0.717, 1.165) is 11.1 Å². The molecule has 3 rings (SSSR count). The zero-order valence-corrected chi connectivity index (χ0v) is 12.9. The number of hydrazone groups is 1. The molecule has 116 valence electrons. The van der Waals surface area contributed by atoms with Gasteiger partial charge in [-0.3, -0.25) is 10.4 Å². The average molecular weight is 326 g/mol. The number of benzene rings is 1. The smallest absolute Gasteiger partial charge is 0.339 e. The van der Waals surface area contributed by atoms with E-state index in [1.807, 2.05) is 24.3 Å². The van der Waals surface area contributed by atoms with Gasteiger partial charge in [0.15, 0.2) is 5.11 Å². The second-order valence-corrected chi connectivity index (χ2v) is 5.40. The van der Waals surface area contributed by atoms with Gasteiger partial charge >= 0.3 is 5.97 Å². The van der Waals surface area contributed by atoms with Crippen molar-refractivity contribution in [1.29, 1.82) is 0 Å². The number of fused-ring (bicyclic) bond motifs is 1. The maximum absolute atomic E-state index is 11.9. The summed E-state index contributed by atoms with van der Waals surface area (Å²) in [7, 11) is 0. The molecule has 0 saturated carbocycles. The van der Waals surface area contributed by atoms with Crippen molar-refractivity contribution >= 4 is 29.0 Å². The van der Waals surface area contributed by atoms with Crippen LogP contribution in [0.4, 0.5) is 0 Å². The lowest BCUT2D eigenvalue weighted by Gasteiger charge is -2.13. The third kappa shape index (κ3) is 3.35. The van der Waals surface area contributed by atoms with Gasteiger partial charge < -0.3 is 10.5 Å². The zero-order chi connectivity index (χ0) is 16.2. The number of carbonyl (C=O) groups excluding carboxylic acids is 1. The minimum atomic E-state index is -0.397. The Labute approximate surface area is 138 Å². The van der Waals surface area contributed by atoms with Crippen molar-refractivity contribution in [2.75, 3.05) is 0 Å². The fraction of sp³-hybridized carbons (Fsp3) is 0.125. The molecule has 0 unspecified atom stereocenters. The van der Waals surface area contributed by atoms with Crippen LogP contribution in [0.25, 0.3) is 0 Å². The number of thiocarbonyl (C=S) groups is 1. The van der Waals surface area contributed by atoms with E-state index in [0.29, 0.717) is 17.7 Å². The molecule has 1 aromatic heterocycles. The highest BCUT2D eigenvalue weighted by molar-refractivity contribution is 7.80. The molecule has 0 saturated heterocycles. The Morgan fingerprint density at radius 3 is 2.91 bits per heavy atom. The molecule has 0 aliphatic carbocycles. The number of hydrogen-bond donors (Lipinski definition) is 2. The van der Waals surface area contributed by atoms with Gasteiger partial charge in [-0.15, -0.1) is 0 Å². The lowest BCUT2D eigenvalue weighted by atomic mass is 9.99. The number of hydrogen-bond acceptors (Lipinski definition) is 5. The van der Waals surface area contributed by atoms with Gasteiger partial charge in [0.25, 0.3) is 0 Å². The van der Waals surface area contributed by atoms with Crippen molar-refractivity contribution in [1.82, 2.24) is 10.4 Å². The van der Waals surface area contributed by atoms with E-state index in [2.05, 4.69) is 15.5 Å². The van der Waals surface area contributed by atoms with Gasteiger partial charge in [-0.25, -0.2) is 4.79 Å². The number of nitrogens with two attached hydrogens (primary N) is 1. The topological polar surface area (TPSA) is 89.6 Å². The van der Waals surface area contributed by atoms with Crippen molar-refractivity contribution in [2.45, 2.75) is 12.5 Å². The van der Waals surface area contributed by atoms with E-state index in [1.54, 1.807) is 24.5 Å². The molecule has 0 bridgehead atoms. The molecule has 0 amide bonds. The van der Waals surface area contributed by atoms with Gasteiger partial charge in [0.2, 0.25) is 0 Å². The third-order valence-electron chi connectivity index (χ3n) is 3.45. The third-order valence-corrected chi connectivity index (χ3v) is 3.54. The summed E-state index contributed by atoms with van der Waals surface area (Å²) in [6, 6.07) is 11.0. The number of aromatic nitrogens is 1. The highest BCUT2D eigenvalue weighted by atomic mass is 32.1. The van der Waals surface area contributed by atoms with Crippen LogP contribution in [0.15, 0.2) is 53.9 Å². The van der Waals surface area contributed by atoms with E-state index in [-0.39, 0.29) is 11.1 Å². The summed E-state index contributed by atoms with van der Waals surface area (Å²) < 4.78 is 5.46. The predicted octanol–water partition coefficient (Wildman–Crippen LogP) is 1.92. The molecule has 6 nitrogen and oxygen atoms in total. The van der Waals surface area contributed by atoms with Crippen molar-refractivity contribution in [3.05, 3.63) is 65.5 Å². The predicted molar refractivity (Wildman–Crippen MR) is 89.9 cm³/mol. The SMILES string of the molecule is NC(=S)N/N=C(\C[C@@H]1OC(=O)c2ccccc21)c1cccnc1. The molecule has 3 N–H and O–H groups in total. The first-order chi connectivity index (χ1) is 11.1. The van der Waals surface area contributed by atoms with Crippen LogP contribution >= 0.6 is 12.2 Å². The molecule has 1 aliphatic heterocycles. The first-order valence-corrected chi connectivity index (χ1v) is 7.38. The summed E-state index contributed by atoms with van der Waals surface area (Å²) in [6.45, 7) is 0. The van der Waals surface area contributed by atoms with E-state index in [4.69, 9.17) is 22.7 Å². The van der Waals surface area contributed by atoms with Crippen LogP contribution in [0.1, 0.15) is 34.0 Å². The fourth-order valence-corrected chi connectivity index (χ4v) is 2.48. The van der Waals surface area contributed by atoms with Gasteiger partial charge in [-0.1, -0.05) is 24.3 Å². The number of carbonyl (C=O) groups is 1. The molecular formula is C16H14N4O2S. The second-order valence-electron chi connectivity index (χ2n) is 4.96. The summed E-state index contributed by atoms with van der Waals surface area (Å²) >= 11 is 4.79. The Kier molecular flexibility index (Phi) is 4.29. The van der Waals surface area contributed by atoms with Crippen LogP contribution in [0, 0.1) is 0 Å². The van der Waals surface area contributed by atoms with Gasteiger partial charge in [-0.05, 0) is 24.4 Å². The van der Waals surface area contributed by atoms with Crippen molar-refractivity contribution in [3.63, 3.8) is 0 Å². The molecule has 2 aromatic rings. The molecule has 7 heteroatoms.